The van der Waals surface area contributed by atoms with Crippen LogP contribution in [0.25, 0.3) is 0 Å². The van der Waals surface area contributed by atoms with Crippen LogP contribution in [0.2, 0.25) is 0 Å². The van der Waals surface area contributed by atoms with Crippen molar-refractivity contribution in [2.24, 2.45) is 0 Å². The number of hydrogen-bond acceptors (Lipinski definition) is 3. The molecule has 6 heteroatoms. The van der Waals surface area contributed by atoms with Crippen LogP contribution < -0.4 is 4.74 Å². The van der Waals surface area contributed by atoms with Crippen molar-refractivity contribution in [3.63, 3.8) is 0 Å². The van der Waals surface area contributed by atoms with Gasteiger partial charge < -0.3 is 9.47 Å². The second kappa shape index (κ2) is 5.56. The lowest BCUT2D eigenvalue weighted by molar-refractivity contribution is -0.274. The zero-order chi connectivity index (χ0) is 12.9. The fourth-order valence-electron chi connectivity index (χ4n) is 1.12. The van der Waals surface area contributed by atoms with Crippen LogP contribution in [0.4, 0.5) is 13.2 Å². The second-order valence-electron chi connectivity index (χ2n) is 3.18. The van der Waals surface area contributed by atoms with E-state index in [0.717, 1.165) is 6.07 Å². The highest BCUT2D eigenvalue weighted by molar-refractivity contribution is 5.92. The minimum absolute atomic E-state index is 0.152. The summed E-state index contributed by atoms with van der Waals surface area (Å²) in [6.45, 7) is 1.94. The van der Waals surface area contributed by atoms with Crippen molar-refractivity contribution in [3.8, 4) is 5.75 Å². The fraction of sp³-hybridized carbons (Fsp3) is 0.364. The van der Waals surface area contributed by atoms with Gasteiger partial charge in [-0.1, -0.05) is 19.1 Å². The van der Waals surface area contributed by atoms with Crippen molar-refractivity contribution in [1.29, 1.82) is 0 Å². The maximum Gasteiger partial charge on any atom is 0.573 e. The Hall–Kier alpha value is -1.72. The Kier molecular flexibility index (Phi) is 4.37. The number of halogens is 3. The molecule has 1 aromatic rings. The zero-order valence-corrected chi connectivity index (χ0v) is 9.08. The molecule has 0 spiro atoms. The zero-order valence-electron chi connectivity index (χ0n) is 9.08. The average molecular weight is 248 g/mol. The molecule has 0 aliphatic heterocycles. The summed E-state index contributed by atoms with van der Waals surface area (Å²) in [5.41, 5.74) is -0.238. The van der Waals surface area contributed by atoms with Gasteiger partial charge in [0.1, 0.15) is 11.3 Å². The van der Waals surface area contributed by atoms with Crippen LogP contribution in [0.3, 0.4) is 0 Å². The third kappa shape index (κ3) is 4.34. The fourth-order valence-corrected chi connectivity index (χ4v) is 1.12. The molecule has 0 amide bonds. The monoisotopic (exact) mass is 248 g/mol. The van der Waals surface area contributed by atoms with Gasteiger partial charge in [0.25, 0.3) is 0 Å². The Labute approximate surface area is 96.1 Å². The normalized spacial score (nSPS) is 11.1. The van der Waals surface area contributed by atoms with Crippen molar-refractivity contribution >= 4 is 5.97 Å². The van der Waals surface area contributed by atoms with Gasteiger partial charge >= 0.3 is 12.3 Å². The number of ether oxygens (including phenoxy) is 2. The standard InChI is InChI=1S/C11H11F3O3/c1-2-7-16-10(15)8-5-3-4-6-9(8)17-11(12,13)14/h3-6H,2,7H2,1H3. The van der Waals surface area contributed by atoms with Gasteiger partial charge in [0.05, 0.1) is 6.61 Å². The van der Waals surface area contributed by atoms with Crippen LogP contribution >= 0.6 is 0 Å². The molecule has 0 radical (unpaired) electrons. The van der Waals surface area contributed by atoms with Gasteiger partial charge in [-0.05, 0) is 18.6 Å². The number of hydrogen-bond donors (Lipinski definition) is 0. The first-order valence-electron chi connectivity index (χ1n) is 4.96. The Morgan fingerprint density at radius 1 is 1.29 bits per heavy atom. The van der Waals surface area contributed by atoms with Gasteiger partial charge in [0, 0.05) is 0 Å². The number of benzene rings is 1. The first-order valence-corrected chi connectivity index (χ1v) is 4.96. The predicted molar refractivity (Wildman–Crippen MR) is 53.7 cm³/mol. The van der Waals surface area contributed by atoms with Crippen LogP contribution in [-0.4, -0.2) is 18.9 Å². The highest BCUT2D eigenvalue weighted by atomic mass is 19.4. The maximum absolute atomic E-state index is 12.1. The average Bonchev–Trinajstić information content (AvgIpc) is 2.24. The number of esters is 1. The number of rotatable bonds is 4. The number of carbonyl (C=O) groups is 1. The molecule has 0 heterocycles. The van der Waals surface area contributed by atoms with E-state index in [9.17, 15) is 18.0 Å². The second-order valence-corrected chi connectivity index (χ2v) is 3.18. The summed E-state index contributed by atoms with van der Waals surface area (Å²) in [6, 6.07) is 5.07. The van der Waals surface area contributed by atoms with Gasteiger partial charge in [0.2, 0.25) is 0 Å². The van der Waals surface area contributed by atoms with Gasteiger partial charge in [-0.2, -0.15) is 0 Å². The Bertz CT molecular complexity index is 388. The quantitative estimate of drug-likeness (QED) is 0.768. The third-order valence-corrected chi connectivity index (χ3v) is 1.77. The summed E-state index contributed by atoms with van der Waals surface area (Å²) >= 11 is 0. The minimum atomic E-state index is -4.83. The van der Waals surface area contributed by atoms with Crippen molar-refractivity contribution in [1.82, 2.24) is 0 Å². The third-order valence-electron chi connectivity index (χ3n) is 1.77. The van der Waals surface area contributed by atoms with Gasteiger partial charge in [-0.3, -0.25) is 0 Å². The molecule has 0 unspecified atom stereocenters. The van der Waals surface area contributed by atoms with Crippen LogP contribution in [0.1, 0.15) is 23.7 Å². The van der Waals surface area contributed by atoms with E-state index in [0.29, 0.717) is 6.42 Å². The van der Waals surface area contributed by atoms with E-state index >= 15 is 0 Å². The number of para-hydroxylation sites is 1. The molecule has 0 atom stereocenters. The van der Waals surface area contributed by atoms with Crippen molar-refractivity contribution in [3.05, 3.63) is 29.8 Å². The molecular formula is C11H11F3O3. The molecule has 0 saturated heterocycles. The van der Waals surface area contributed by atoms with E-state index in [2.05, 4.69) is 4.74 Å². The van der Waals surface area contributed by atoms with Crippen LogP contribution in [0.15, 0.2) is 24.3 Å². The minimum Gasteiger partial charge on any atom is -0.462 e. The lowest BCUT2D eigenvalue weighted by Crippen LogP contribution is -2.19. The molecule has 0 aromatic heterocycles. The number of carbonyl (C=O) groups excluding carboxylic acids is 1. The molecule has 17 heavy (non-hydrogen) atoms. The molecule has 0 saturated carbocycles. The first-order chi connectivity index (χ1) is 7.94. The number of alkyl halides is 3. The van der Waals surface area contributed by atoms with Crippen molar-refractivity contribution in [2.45, 2.75) is 19.7 Å². The van der Waals surface area contributed by atoms with E-state index in [-0.39, 0.29) is 12.2 Å². The highest BCUT2D eigenvalue weighted by Crippen LogP contribution is 2.26. The Morgan fingerprint density at radius 3 is 2.53 bits per heavy atom. The predicted octanol–water partition coefficient (Wildman–Crippen LogP) is 3.15. The van der Waals surface area contributed by atoms with E-state index in [4.69, 9.17) is 4.74 Å². The largest absolute Gasteiger partial charge is 0.573 e. The summed E-state index contributed by atoms with van der Waals surface area (Å²) < 4.78 is 44.7. The lowest BCUT2D eigenvalue weighted by atomic mass is 10.2. The molecule has 0 bridgehead atoms. The summed E-state index contributed by atoms with van der Waals surface area (Å²) in [5.74, 6) is -1.38. The van der Waals surface area contributed by atoms with Gasteiger partial charge in [-0.15, -0.1) is 13.2 Å². The molecule has 0 aliphatic rings. The maximum atomic E-state index is 12.1. The smallest absolute Gasteiger partial charge is 0.462 e. The lowest BCUT2D eigenvalue weighted by Gasteiger charge is -2.12. The van der Waals surface area contributed by atoms with Gasteiger partial charge in [-0.25, -0.2) is 4.79 Å². The van der Waals surface area contributed by atoms with Crippen LogP contribution in [0.5, 0.6) is 5.75 Å². The van der Waals surface area contributed by atoms with Gasteiger partial charge in [0.15, 0.2) is 0 Å². The summed E-state index contributed by atoms with van der Waals surface area (Å²) in [6.07, 6.45) is -4.24. The molecule has 94 valence electrons. The van der Waals surface area contributed by atoms with E-state index in [1.54, 1.807) is 6.92 Å². The molecule has 0 fully saturated rings. The van der Waals surface area contributed by atoms with E-state index in [1.807, 2.05) is 0 Å². The Morgan fingerprint density at radius 2 is 1.94 bits per heavy atom. The molecule has 3 nitrogen and oxygen atoms in total. The molecule has 1 rings (SSSR count). The molecule has 0 aliphatic carbocycles. The first kappa shape index (κ1) is 13.3. The summed E-state index contributed by atoms with van der Waals surface area (Å²) in [7, 11) is 0. The SMILES string of the molecule is CCCOC(=O)c1ccccc1OC(F)(F)F. The van der Waals surface area contributed by atoms with Crippen molar-refractivity contribution < 1.29 is 27.4 Å². The summed E-state index contributed by atoms with van der Waals surface area (Å²) in [5, 5.41) is 0. The van der Waals surface area contributed by atoms with Crippen molar-refractivity contribution in [2.75, 3.05) is 6.61 Å². The molecular weight excluding hydrogens is 237 g/mol. The molecule has 1 aromatic carbocycles. The van der Waals surface area contributed by atoms with Crippen LogP contribution in [0, 0.1) is 0 Å². The van der Waals surface area contributed by atoms with E-state index < -0.39 is 18.1 Å². The van der Waals surface area contributed by atoms with Crippen LogP contribution in [-0.2, 0) is 4.74 Å². The summed E-state index contributed by atoms with van der Waals surface area (Å²) in [4.78, 5) is 11.4. The topological polar surface area (TPSA) is 35.5 Å². The van der Waals surface area contributed by atoms with E-state index in [1.165, 1.54) is 18.2 Å². The molecule has 0 N–H and O–H groups in total. The highest BCUT2D eigenvalue weighted by Gasteiger charge is 2.33. The Balaban J connectivity index is 2.88.